The summed E-state index contributed by atoms with van der Waals surface area (Å²) in [5.41, 5.74) is 5.14. The SMILES string of the molecule is Cc1nn(C)cc1-c1nc2ncc(Cl)c(Oc3ccc(C(=O)N4CCN(C(=O)C5CCN(CC6CCN(c7cncc([C@@H]8CCC(=O)NC8=O)c7)CC6)CC5)CC4)cc3)c2[nH]1. The molecule has 0 aliphatic carbocycles. The van der Waals surface area contributed by atoms with Crippen molar-refractivity contribution in [2.24, 2.45) is 18.9 Å². The Morgan fingerprint density at radius 2 is 1.64 bits per heavy atom. The molecule has 16 nitrogen and oxygen atoms in total. The number of pyridine rings is 2. The lowest BCUT2D eigenvalue weighted by Gasteiger charge is -2.40. The summed E-state index contributed by atoms with van der Waals surface area (Å²) in [5, 5.41) is 7.18. The molecule has 4 aliphatic heterocycles. The number of nitrogens with one attached hydrogen (secondary N) is 2. The van der Waals surface area contributed by atoms with Crippen LogP contribution in [0.15, 0.2) is 55.1 Å². The molecule has 8 heterocycles. The highest BCUT2D eigenvalue weighted by molar-refractivity contribution is 6.32. The van der Waals surface area contributed by atoms with Crippen molar-refractivity contribution >= 4 is 52.1 Å². The second kappa shape index (κ2) is 17.2. The number of anilines is 1. The van der Waals surface area contributed by atoms with Crippen LogP contribution in [-0.4, -0.2) is 127 Å². The summed E-state index contributed by atoms with van der Waals surface area (Å²) < 4.78 is 7.95. The highest BCUT2D eigenvalue weighted by Gasteiger charge is 2.33. The van der Waals surface area contributed by atoms with E-state index in [2.05, 4.69) is 46.2 Å². The highest BCUT2D eigenvalue weighted by atomic mass is 35.5. The van der Waals surface area contributed by atoms with Gasteiger partial charge in [0.05, 0.1) is 35.3 Å². The number of nitrogens with zero attached hydrogens (tertiary/aromatic N) is 9. The number of hydrogen-bond acceptors (Lipinski definition) is 11. The number of halogens is 1. The van der Waals surface area contributed by atoms with Gasteiger partial charge in [0.2, 0.25) is 17.7 Å². The number of imidazole rings is 1. The molecule has 4 aliphatic rings. The summed E-state index contributed by atoms with van der Waals surface area (Å²) in [6, 6.07) is 9.05. The zero-order valence-electron chi connectivity index (χ0n) is 34.5. The van der Waals surface area contributed by atoms with Gasteiger partial charge in [-0.1, -0.05) is 11.6 Å². The number of H-pyrrole nitrogens is 1. The quantitative estimate of drug-likeness (QED) is 0.192. The lowest BCUT2D eigenvalue weighted by atomic mass is 9.90. The molecule has 0 spiro atoms. The number of likely N-dealkylation sites (tertiary alicyclic amines) is 1. The number of amides is 4. The fourth-order valence-electron chi connectivity index (χ4n) is 9.25. The zero-order valence-corrected chi connectivity index (χ0v) is 35.2. The monoisotopic (exact) mass is 847 g/mol. The van der Waals surface area contributed by atoms with E-state index in [1.54, 1.807) is 35.1 Å². The second-order valence-corrected chi connectivity index (χ2v) is 17.2. The maximum Gasteiger partial charge on any atom is 0.253 e. The Morgan fingerprint density at radius 1 is 0.902 bits per heavy atom. The molecule has 4 fully saturated rings. The minimum absolute atomic E-state index is 0.0139. The van der Waals surface area contributed by atoms with Crippen molar-refractivity contribution in [1.82, 2.24) is 49.7 Å². The van der Waals surface area contributed by atoms with Crippen LogP contribution in [-0.2, 0) is 21.4 Å². The summed E-state index contributed by atoms with van der Waals surface area (Å²) in [4.78, 5) is 76.5. The first-order chi connectivity index (χ1) is 29.6. The number of piperazine rings is 1. The molecule has 5 aromatic rings. The number of aromatic amines is 1. The molecule has 0 saturated carbocycles. The van der Waals surface area contributed by atoms with Crippen molar-refractivity contribution in [2.45, 2.75) is 51.4 Å². The molecule has 61 heavy (non-hydrogen) atoms. The number of hydrogen-bond donors (Lipinski definition) is 2. The summed E-state index contributed by atoms with van der Waals surface area (Å²) in [5.74, 6) is 1.46. The van der Waals surface area contributed by atoms with Crippen molar-refractivity contribution < 1.29 is 23.9 Å². The molecular formula is C44H50ClN11O5. The van der Waals surface area contributed by atoms with Crippen LogP contribution in [0.4, 0.5) is 5.69 Å². The summed E-state index contributed by atoms with van der Waals surface area (Å²) in [6.45, 7) is 8.67. The van der Waals surface area contributed by atoms with Gasteiger partial charge in [-0.3, -0.25) is 34.2 Å². The maximum atomic E-state index is 13.6. The fourth-order valence-corrected chi connectivity index (χ4v) is 9.43. The molecule has 9 rings (SSSR count). The third-order valence-corrected chi connectivity index (χ3v) is 13.0. The van der Waals surface area contributed by atoms with Gasteiger partial charge >= 0.3 is 0 Å². The van der Waals surface area contributed by atoms with E-state index in [0.29, 0.717) is 84.0 Å². The van der Waals surface area contributed by atoms with E-state index >= 15 is 0 Å². The van der Waals surface area contributed by atoms with Crippen LogP contribution in [0.25, 0.3) is 22.6 Å². The average molecular weight is 848 g/mol. The molecule has 4 saturated heterocycles. The third kappa shape index (κ3) is 8.69. The van der Waals surface area contributed by atoms with Gasteiger partial charge in [0.1, 0.15) is 22.1 Å². The van der Waals surface area contributed by atoms with Crippen LogP contribution in [0.2, 0.25) is 5.02 Å². The second-order valence-electron chi connectivity index (χ2n) is 16.8. The summed E-state index contributed by atoms with van der Waals surface area (Å²) in [7, 11) is 1.85. The van der Waals surface area contributed by atoms with Crippen LogP contribution in [0.1, 0.15) is 66.1 Å². The predicted molar refractivity (Wildman–Crippen MR) is 228 cm³/mol. The topological polar surface area (TPSA) is 175 Å². The van der Waals surface area contributed by atoms with Crippen LogP contribution in [0.5, 0.6) is 11.5 Å². The first-order valence-corrected chi connectivity index (χ1v) is 21.6. The number of aryl methyl sites for hydroxylation is 2. The number of ether oxygens (including phenoxy) is 1. The van der Waals surface area contributed by atoms with Gasteiger partial charge in [-0.25, -0.2) is 9.97 Å². The van der Waals surface area contributed by atoms with Crippen LogP contribution in [0.3, 0.4) is 0 Å². The Labute approximate surface area is 358 Å². The molecule has 0 bridgehead atoms. The minimum atomic E-state index is -0.335. The van der Waals surface area contributed by atoms with Gasteiger partial charge < -0.3 is 29.3 Å². The van der Waals surface area contributed by atoms with Gasteiger partial charge in [-0.05, 0) is 93.9 Å². The van der Waals surface area contributed by atoms with Crippen LogP contribution >= 0.6 is 11.6 Å². The van der Waals surface area contributed by atoms with E-state index in [4.69, 9.17) is 16.3 Å². The number of rotatable bonds is 9. The van der Waals surface area contributed by atoms with E-state index in [-0.39, 0.29) is 35.5 Å². The highest BCUT2D eigenvalue weighted by Crippen LogP contribution is 2.37. The fraction of sp³-hybridized carbons (Fsp3) is 0.455. The number of carbonyl (C=O) groups is 4. The standard InChI is InChI=1S/C44H50ClN11O5/c1-27-35(26-52(2)51-27)40-49-38-39(36(45)24-47-41(38)50-40)61-33-5-3-29(4-6-33)43(59)55-17-19-56(20-18-55)44(60)30-11-13-53(14-12-30)25-28-9-15-54(16-10-28)32-21-31(22-46-23-32)34-7-8-37(57)48-42(34)58/h3-6,21-24,26,28,30,34H,7-20,25H2,1-2H3,(H,47,49,50)(H,48,57,58)/t34-/m0/s1. The van der Waals surface area contributed by atoms with Crippen molar-refractivity contribution in [2.75, 3.05) is 63.8 Å². The lowest BCUT2D eigenvalue weighted by molar-refractivity contribution is -0.138. The van der Waals surface area contributed by atoms with Gasteiger partial charge in [0.25, 0.3) is 5.91 Å². The number of fused-ring (bicyclic) bond motifs is 1. The number of imide groups is 1. The predicted octanol–water partition coefficient (Wildman–Crippen LogP) is 4.94. The maximum absolute atomic E-state index is 13.6. The van der Waals surface area contributed by atoms with Crippen molar-refractivity contribution in [3.63, 3.8) is 0 Å². The van der Waals surface area contributed by atoms with E-state index in [1.807, 2.05) is 36.2 Å². The van der Waals surface area contributed by atoms with Crippen molar-refractivity contribution in [3.05, 3.63) is 77.0 Å². The molecule has 1 atom stereocenters. The van der Waals surface area contributed by atoms with Crippen LogP contribution < -0.4 is 15.0 Å². The molecule has 4 aromatic heterocycles. The van der Waals surface area contributed by atoms with Crippen molar-refractivity contribution in [3.8, 4) is 22.9 Å². The molecule has 318 valence electrons. The Hall–Kier alpha value is -5.87. The van der Waals surface area contributed by atoms with Crippen molar-refractivity contribution in [1.29, 1.82) is 0 Å². The smallest absolute Gasteiger partial charge is 0.253 e. The van der Waals surface area contributed by atoms with Gasteiger partial charge in [0.15, 0.2) is 11.4 Å². The van der Waals surface area contributed by atoms with E-state index in [0.717, 1.165) is 80.9 Å². The first kappa shape index (κ1) is 40.5. The normalized spacial score (nSPS) is 19.7. The van der Waals surface area contributed by atoms with E-state index < -0.39 is 0 Å². The van der Waals surface area contributed by atoms with E-state index in [1.165, 1.54) is 6.20 Å². The Kier molecular flexibility index (Phi) is 11.5. The molecule has 0 unspecified atom stereocenters. The van der Waals surface area contributed by atoms with E-state index in [9.17, 15) is 19.2 Å². The van der Waals surface area contributed by atoms with Gasteiger partial charge in [0, 0.05) is 83.2 Å². The molecule has 0 radical (unpaired) electrons. The summed E-state index contributed by atoms with van der Waals surface area (Å²) >= 11 is 6.54. The molecule has 17 heteroatoms. The minimum Gasteiger partial charge on any atom is -0.453 e. The molecule has 2 N–H and O–H groups in total. The first-order valence-electron chi connectivity index (χ1n) is 21.2. The van der Waals surface area contributed by atoms with Gasteiger partial charge in [-0.15, -0.1) is 0 Å². The van der Waals surface area contributed by atoms with Gasteiger partial charge in [-0.2, -0.15) is 5.10 Å². The summed E-state index contributed by atoms with van der Waals surface area (Å²) in [6.07, 6.45) is 11.7. The average Bonchev–Trinajstić information content (AvgIpc) is 3.87. The number of benzene rings is 1. The molecule has 4 amide bonds. The molecule has 1 aromatic carbocycles. The molecular weight excluding hydrogens is 798 g/mol. The number of aromatic nitrogens is 6. The Bertz CT molecular complexity index is 2450. The zero-order chi connectivity index (χ0) is 42.2. The Morgan fingerprint density at radius 3 is 2.34 bits per heavy atom. The largest absolute Gasteiger partial charge is 0.453 e. The number of piperidine rings is 3. The lowest BCUT2D eigenvalue weighted by Crippen LogP contribution is -2.53. The van der Waals surface area contributed by atoms with Crippen LogP contribution in [0, 0.1) is 18.8 Å². The Balaban J connectivity index is 0.714. The number of carbonyl (C=O) groups excluding carboxylic acids is 4. The third-order valence-electron chi connectivity index (χ3n) is 12.7.